The number of carbonyl (C=O) groups excluding carboxylic acids is 1. The molecule has 1 amide bonds. The van der Waals surface area contributed by atoms with Crippen LogP contribution in [0.5, 0.6) is 0 Å². The molecule has 0 saturated heterocycles. The van der Waals surface area contributed by atoms with Gasteiger partial charge in [0, 0.05) is 31.6 Å². The first-order valence-corrected chi connectivity index (χ1v) is 8.37. The van der Waals surface area contributed by atoms with Crippen LogP contribution in [0.15, 0.2) is 55.1 Å². The number of amides is 1. The van der Waals surface area contributed by atoms with Crippen molar-refractivity contribution in [2.24, 2.45) is 0 Å². The molecular formula is C19H21N5O2. The fraction of sp³-hybridized carbons (Fsp3) is 0.263. The van der Waals surface area contributed by atoms with Crippen LogP contribution >= 0.6 is 0 Å². The third-order valence-electron chi connectivity index (χ3n) is 4.08. The quantitative estimate of drug-likeness (QED) is 0.707. The Morgan fingerprint density at radius 3 is 2.54 bits per heavy atom. The molecule has 134 valence electrons. The van der Waals surface area contributed by atoms with E-state index in [-0.39, 0.29) is 11.9 Å². The van der Waals surface area contributed by atoms with E-state index in [4.69, 9.17) is 4.74 Å². The summed E-state index contributed by atoms with van der Waals surface area (Å²) in [6.07, 6.45) is 5.13. The van der Waals surface area contributed by atoms with Crippen LogP contribution < -0.4 is 5.32 Å². The summed E-state index contributed by atoms with van der Waals surface area (Å²) in [5, 5.41) is 11.0. The minimum absolute atomic E-state index is 0.153. The van der Waals surface area contributed by atoms with Crippen molar-refractivity contribution in [3.63, 3.8) is 0 Å². The van der Waals surface area contributed by atoms with Gasteiger partial charge in [-0.05, 0) is 42.3 Å². The van der Waals surface area contributed by atoms with Gasteiger partial charge >= 0.3 is 0 Å². The Morgan fingerprint density at radius 1 is 1.15 bits per heavy atom. The highest BCUT2D eigenvalue weighted by Gasteiger charge is 2.16. The predicted octanol–water partition coefficient (Wildman–Crippen LogP) is 2.48. The maximum atomic E-state index is 12.5. The molecule has 3 rings (SSSR count). The van der Waals surface area contributed by atoms with E-state index in [1.807, 2.05) is 47.9 Å². The zero-order valence-electron chi connectivity index (χ0n) is 14.8. The number of methoxy groups -OCH3 is 1. The van der Waals surface area contributed by atoms with E-state index >= 15 is 0 Å². The smallest absolute Gasteiger partial charge is 0.251 e. The fourth-order valence-electron chi connectivity index (χ4n) is 2.66. The Balaban J connectivity index is 1.67. The number of ether oxygens (including phenoxy) is 1. The second-order valence-electron chi connectivity index (χ2n) is 5.88. The minimum Gasteiger partial charge on any atom is -0.383 e. The molecule has 0 aliphatic carbocycles. The van der Waals surface area contributed by atoms with Gasteiger partial charge in [-0.3, -0.25) is 9.78 Å². The van der Waals surface area contributed by atoms with Crippen molar-refractivity contribution in [3.8, 4) is 11.1 Å². The van der Waals surface area contributed by atoms with E-state index in [9.17, 15) is 4.79 Å². The van der Waals surface area contributed by atoms with Crippen LogP contribution in [-0.2, 0) is 11.3 Å². The van der Waals surface area contributed by atoms with Crippen LogP contribution in [0.25, 0.3) is 11.1 Å². The SMILES string of the molecule is COCCn1cnnc1C(C)NC(=O)c1ccc(-c2ccncc2)cc1. The first kappa shape index (κ1) is 17.8. The summed E-state index contributed by atoms with van der Waals surface area (Å²) in [5.41, 5.74) is 2.69. The van der Waals surface area contributed by atoms with Crippen LogP contribution in [-0.4, -0.2) is 39.4 Å². The number of aromatic nitrogens is 4. The zero-order chi connectivity index (χ0) is 18.4. The molecular weight excluding hydrogens is 330 g/mol. The number of benzene rings is 1. The highest BCUT2D eigenvalue weighted by molar-refractivity contribution is 5.94. The zero-order valence-corrected chi connectivity index (χ0v) is 14.8. The van der Waals surface area contributed by atoms with Crippen molar-refractivity contribution in [1.82, 2.24) is 25.1 Å². The molecule has 0 bridgehead atoms. The number of pyridine rings is 1. The van der Waals surface area contributed by atoms with E-state index in [1.165, 1.54) is 0 Å². The van der Waals surface area contributed by atoms with Crippen molar-refractivity contribution in [2.45, 2.75) is 19.5 Å². The third-order valence-corrected chi connectivity index (χ3v) is 4.08. The monoisotopic (exact) mass is 351 g/mol. The predicted molar refractivity (Wildman–Crippen MR) is 97.5 cm³/mol. The molecule has 0 radical (unpaired) electrons. The number of hydrogen-bond donors (Lipinski definition) is 1. The maximum Gasteiger partial charge on any atom is 0.251 e. The molecule has 7 nitrogen and oxygen atoms in total. The summed E-state index contributed by atoms with van der Waals surface area (Å²) in [5.74, 6) is 0.545. The highest BCUT2D eigenvalue weighted by atomic mass is 16.5. The normalized spacial score (nSPS) is 11.9. The van der Waals surface area contributed by atoms with Crippen molar-refractivity contribution < 1.29 is 9.53 Å². The molecule has 0 saturated carbocycles. The van der Waals surface area contributed by atoms with Crippen LogP contribution in [0.3, 0.4) is 0 Å². The molecule has 1 N–H and O–H groups in total. The van der Waals surface area contributed by atoms with Gasteiger partial charge in [0.2, 0.25) is 0 Å². The van der Waals surface area contributed by atoms with E-state index in [2.05, 4.69) is 20.5 Å². The number of nitrogens with one attached hydrogen (secondary N) is 1. The lowest BCUT2D eigenvalue weighted by molar-refractivity contribution is 0.0937. The van der Waals surface area contributed by atoms with E-state index < -0.39 is 0 Å². The lowest BCUT2D eigenvalue weighted by Crippen LogP contribution is -2.29. The molecule has 0 fully saturated rings. The minimum atomic E-state index is -0.262. The van der Waals surface area contributed by atoms with Gasteiger partial charge in [0.15, 0.2) is 5.82 Å². The Hall–Kier alpha value is -3.06. The largest absolute Gasteiger partial charge is 0.383 e. The van der Waals surface area contributed by atoms with Gasteiger partial charge in [0.1, 0.15) is 6.33 Å². The molecule has 0 aliphatic rings. The summed E-state index contributed by atoms with van der Waals surface area (Å²) in [6.45, 7) is 3.08. The van der Waals surface area contributed by atoms with E-state index in [1.54, 1.807) is 25.8 Å². The lowest BCUT2D eigenvalue weighted by Gasteiger charge is -2.15. The summed E-state index contributed by atoms with van der Waals surface area (Å²) in [6, 6.07) is 11.1. The molecule has 1 aromatic carbocycles. The van der Waals surface area contributed by atoms with Gasteiger partial charge in [0.25, 0.3) is 5.91 Å². The number of nitrogens with zero attached hydrogens (tertiary/aromatic N) is 4. The van der Waals surface area contributed by atoms with Gasteiger partial charge in [-0.1, -0.05) is 12.1 Å². The Kier molecular flexibility index (Phi) is 5.70. The maximum absolute atomic E-state index is 12.5. The van der Waals surface area contributed by atoms with Crippen molar-refractivity contribution in [2.75, 3.05) is 13.7 Å². The van der Waals surface area contributed by atoms with Crippen molar-refractivity contribution >= 4 is 5.91 Å². The second kappa shape index (κ2) is 8.35. The van der Waals surface area contributed by atoms with E-state index in [0.717, 1.165) is 11.1 Å². The molecule has 0 spiro atoms. The van der Waals surface area contributed by atoms with Crippen LogP contribution in [0.2, 0.25) is 0 Å². The molecule has 2 aromatic heterocycles. The highest BCUT2D eigenvalue weighted by Crippen LogP contribution is 2.19. The lowest BCUT2D eigenvalue weighted by atomic mass is 10.0. The van der Waals surface area contributed by atoms with Gasteiger partial charge in [-0.25, -0.2) is 0 Å². The summed E-state index contributed by atoms with van der Waals surface area (Å²) in [7, 11) is 1.64. The van der Waals surface area contributed by atoms with Crippen LogP contribution in [0.1, 0.15) is 29.1 Å². The average molecular weight is 351 g/mol. The van der Waals surface area contributed by atoms with Gasteiger partial charge < -0.3 is 14.6 Å². The summed E-state index contributed by atoms with van der Waals surface area (Å²) >= 11 is 0. The second-order valence-corrected chi connectivity index (χ2v) is 5.88. The van der Waals surface area contributed by atoms with Gasteiger partial charge in [-0.2, -0.15) is 0 Å². The van der Waals surface area contributed by atoms with E-state index in [0.29, 0.717) is 24.5 Å². The number of carbonyl (C=O) groups is 1. The molecule has 0 aliphatic heterocycles. The number of rotatable bonds is 7. The third kappa shape index (κ3) is 4.12. The first-order chi connectivity index (χ1) is 12.7. The standard InChI is InChI=1S/C19H21N5O2/c1-14(18-23-21-13-24(18)11-12-26-2)22-19(25)17-5-3-15(4-6-17)16-7-9-20-10-8-16/h3-10,13-14H,11-12H2,1-2H3,(H,22,25). The van der Waals surface area contributed by atoms with Gasteiger partial charge in [-0.15, -0.1) is 10.2 Å². The first-order valence-electron chi connectivity index (χ1n) is 8.37. The Bertz CT molecular complexity index is 846. The molecule has 1 unspecified atom stereocenters. The summed E-state index contributed by atoms with van der Waals surface area (Å²) in [4.78, 5) is 16.5. The molecule has 2 heterocycles. The average Bonchev–Trinajstić information content (AvgIpc) is 3.16. The van der Waals surface area contributed by atoms with Crippen molar-refractivity contribution in [1.29, 1.82) is 0 Å². The van der Waals surface area contributed by atoms with Crippen LogP contribution in [0, 0.1) is 0 Å². The Morgan fingerprint density at radius 2 is 1.85 bits per heavy atom. The molecule has 3 aromatic rings. The Labute approximate surface area is 152 Å². The fourth-order valence-corrected chi connectivity index (χ4v) is 2.66. The van der Waals surface area contributed by atoms with Crippen molar-refractivity contribution in [3.05, 3.63) is 66.5 Å². The number of hydrogen-bond acceptors (Lipinski definition) is 5. The molecule has 26 heavy (non-hydrogen) atoms. The van der Waals surface area contributed by atoms with Crippen LogP contribution in [0.4, 0.5) is 0 Å². The molecule has 1 atom stereocenters. The molecule has 7 heteroatoms. The topological polar surface area (TPSA) is 81.9 Å². The van der Waals surface area contributed by atoms with Gasteiger partial charge in [0.05, 0.1) is 12.6 Å². The summed E-state index contributed by atoms with van der Waals surface area (Å²) < 4.78 is 6.96.